The maximum atomic E-state index is 13.7. The van der Waals surface area contributed by atoms with Crippen LogP contribution in [0.1, 0.15) is 12.5 Å². The van der Waals surface area contributed by atoms with Crippen LogP contribution in [0.25, 0.3) is 17.1 Å². The molecular weight excluding hydrogens is 469 g/mol. The SMILES string of the molecule is CCOC(=O)NC(=O)CSc1nnc(-c2cccc(Cl)c2)n1-c1ccccc1C(F)(F)F. The van der Waals surface area contributed by atoms with E-state index in [1.807, 2.05) is 5.32 Å². The van der Waals surface area contributed by atoms with Crippen molar-refractivity contribution in [3.63, 3.8) is 0 Å². The number of nitrogens with zero attached hydrogens (tertiary/aromatic N) is 3. The molecule has 3 aromatic rings. The molecule has 12 heteroatoms. The van der Waals surface area contributed by atoms with E-state index in [4.69, 9.17) is 11.6 Å². The molecule has 2 amide bonds. The largest absolute Gasteiger partial charge is 0.450 e. The average molecular weight is 485 g/mol. The maximum Gasteiger partial charge on any atom is 0.418 e. The van der Waals surface area contributed by atoms with Gasteiger partial charge in [0, 0.05) is 10.6 Å². The number of amides is 2. The molecule has 0 aliphatic rings. The number of nitrogens with one attached hydrogen (secondary N) is 1. The predicted molar refractivity (Wildman–Crippen MR) is 113 cm³/mol. The number of imide groups is 1. The van der Waals surface area contributed by atoms with Gasteiger partial charge < -0.3 is 4.74 Å². The lowest BCUT2D eigenvalue weighted by atomic mass is 10.1. The van der Waals surface area contributed by atoms with Crippen molar-refractivity contribution in [2.75, 3.05) is 12.4 Å². The minimum atomic E-state index is -4.64. The van der Waals surface area contributed by atoms with Crippen molar-refractivity contribution >= 4 is 35.4 Å². The molecule has 0 aliphatic heterocycles. The molecule has 0 bridgehead atoms. The molecule has 0 radical (unpaired) electrons. The van der Waals surface area contributed by atoms with Crippen LogP contribution in [0.3, 0.4) is 0 Å². The van der Waals surface area contributed by atoms with Gasteiger partial charge in [-0.25, -0.2) is 4.79 Å². The number of carbonyl (C=O) groups excluding carboxylic acids is 2. The summed E-state index contributed by atoms with van der Waals surface area (Å²) in [7, 11) is 0. The van der Waals surface area contributed by atoms with Crippen molar-refractivity contribution < 1.29 is 27.5 Å². The van der Waals surface area contributed by atoms with E-state index >= 15 is 0 Å². The van der Waals surface area contributed by atoms with Gasteiger partial charge in [-0.1, -0.05) is 47.6 Å². The molecule has 0 saturated heterocycles. The number of hydrogen-bond donors (Lipinski definition) is 1. The third-order valence-electron chi connectivity index (χ3n) is 4.02. The molecule has 0 fully saturated rings. The van der Waals surface area contributed by atoms with E-state index in [-0.39, 0.29) is 29.0 Å². The van der Waals surface area contributed by atoms with Gasteiger partial charge in [0.1, 0.15) is 0 Å². The summed E-state index contributed by atoms with van der Waals surface area (Å²) in [6.07, 6.45) is -5.56. The van der Waals surface area contributed by atoms with Crippen molar-refractivity contribution in [3.8, 4) is 17.1 Å². The number of para-hydroxylation sites is 1. The summed E-state index contributed by atoms with van der Waals surface area (Å²) in [5.74, 6) is -0.894. The molecule has 168 valence electrons. The van der Waals surface area contributed by atoms with Gasteiger partial charge in [-0.05, 0) is 31.2 Å². The Kier molecular flexibility index (Phi) is 7.41. The zero-order chi connectivity index (χ0) is 23.3. The first-order valence-electron chi connectivity index (χ1n) is 9.18. The van der Waals surface area contributed by atoms with Gasteiger partial charge in [0.05, 0.1) is 23.6 Å². The van der Waals surface area contributed by atoms with E-state index in [1.54, 1.807) is 31.2 Å². The first kappa shape index (κ1) is 23.6. The summed E-state index contributed by atoms with van der Waals surface area (Å²) in [5.41, 5.74) is -0.681. The third-order valence-corrected chi connectivity index (χ3v) is 5.18. The first-order chi connectivity index (χ1) is 15.2. The molecule has 0 saturated carbocycles. The second-order valence-corrected chi connectivity index (χ2v) is 7.60. The van der Waals surface area contributed by atoms with Gasteiger partial charge >= 0.3 is 12.3 Å². The zero-order valence-corrected chi connectivity index (χ0v) is 18.1. The second kappa shape index (κ2) is 10.0. The molecule has 7 nitrogen and oxygen atoms in total. The number of ether oxygens (including phenoxy) is 1. The number of benzene rings is 2. The topological polar surface area (TPSA) is 86.1 Å². The van der Waals surface area contributed by atoms with Crippen LogP contribution in [-0.4, -0.2) is 39.1 Å². The quantitative estimate of drug-likeness (QED) is 0.497. The lowest BCUT2D eigenvalue weighted by Gasteiger charge is -2.16. The van der Waals surface area contributed by atoms with Crippen LogP contribution < -0.4 is 5.32 Å². The van der Waals surface area contributed by atoms with Crippen molar-refractivity contribution in [2.24, 2.45) is 0 Å². The Balaban J connectivity index is 2.03. The van der Waals surface area contributed by atoms with Gasteiger partial charge in [0.15, 0.2) is 11.0 Å². The highest BCUT2D eigenvalue weighted by atomic mass is 35.5. The monoisotopic (exact) mass is 484 g/mol. The maximum absolute atomic E-state index is 13.7. The van der Waals surface area contributed by atoms with Gasteiger partial charge in [-0.3, -0.25) is 14.7 Å². The van der Waals surface area contributed by atoms with Crippen LogP contribution in [0.5, 0.6) is 0 Å². The van der Waals surface area contributed by atoms with E-state index in [0.29, 0.717) is 10.6 Å². The summed E-state index contributed by atoms with van der Waals surface area (Å²) < 4.78 is 46.9. The molecule has 0 aliphatic carbocycles. The second-order valence-electron chi connectivity index (χ2n) is 6.22. The van der Waals surface area contributed by atoms with E-state index < -0.39 is 23.7 Å². The number of halogens is 4. The highest BCUT2D eigenvalue weighted by Gasteiger charge is 2.35. The number of carbonyl (C=O) groups is 2. The number of alkyl carbamates (subject to hydrolysis) is 1. The lowest BCUT2D eigenvalue weighted by molar-refractivity contribution is -0.137. The third kappa shape index (κ3) is 5.60. The molecule has 2 aromatic carbocycles. The zero-order valence-electron chi connectivity index (χ0n) is 16.5. The summed E-state index contributed by atoms with van der Waals surface area (Å²) >= 11 is 6.86. The van der Waals surface area contributed by atoms with Gasteiger partial charge in [-0.15, -0.1) is 10.2 Å². The molecule has 1 N–H and O–H groups in total. The Morgan fingerprint density at radius 3 is 2.59 bits per heavy atom. The van der Waals surface area contributed by atoms with E-state index in [2.05, 4.69) is 14.9 Å². The predicted octanol–water partition coefficient (Wildman–Crippen LogP) is 4.97. The number of alkyl halides is 3. The molecular formula is C20H16ClF3N4O3S. The van der Waals surface area contributed by atoms with E-state index in [1.165, 1.54) is 22.8 Å². The van der Waals surface area contributed by atoms with Gasteiger partial charge in [0.2, 0.25) is 5.91 Å². The van der Waals surface area contributed by atoms with Crippen LogP contribution in [0.4, 0.5) is 18.0 Å². The Hall–Kier alpha value is -3.05. The summed E-state index contributed by atoms with van der Waals surface area (Å²) in [6.45, 7) is 1.66. The number of thioether (sulfide) groups is 1. The van der Waals surface area contributed by atoms with Crippen LogP contribution in [0.2, 0.25) is 5.02 Å². The van der Waals surface area contributed by atoms with Crippen LogP contribution >= 0.6 is 23.4 Å². The molecule has 3 rings (SSSR count). The lowest BCUT2D eigenvalue weighted by Crippen LogP contribution is -2.32. The van der Waals surface area contributed by atoms with Gasteiger partial charge in [0.25, 0.3) is 0 Å². The highest BCUT2D eigenvalue weighted by Crippen LogP contribution is 2.37. The number of hydrogen-bond acceptors (Lipinski definition) is 6. The summed E-state index contributed by atoms with van der Waals surface area (Å²) in [5, 5.41) is 10.4. The summed E-state index contributed by atoms with van der Waals surface area (Å²) in [4.78, 5) is 23.4. The van der Waals surface area contributed by atoms with Crippen molar-refractivity contribution in [1.29, 1.82) is 0 Å². The number of rotatable bonds is 6. The molecule has 0 unspecified atom stereocenters. The standard InChI is InChI=1S/C20H16ClF3N4O3S/c1-2-31-19(30)25-16(29)11-32-18-27-26-17(12-6-5-7-13(21)10-12)28(18)15-9-4-3-8-14(15)20(22,23)24/h3-10H,2,11H2,1H3,(H,25,29,30). The van der Waals surface area contributed by atoms with Gasteiger partial charge in [-0.2, -0.15) is 13.2 Å². The smallest absolute Gasteiger partial charge is 0.418 e. The first-order valence-corrected chi connectivity index (χ1v) is 10.5. The highest BCUT2D eigenvalue weighted by molar-refractivity contribution is 7.99. The minimum absolute atomic E-state index is 0.0238. The van der Waals surface area contributed by atoms with Crippen LogP contribution in [-0.2, 0) is 15.7 Å². The average Bonchev–Trinajstić information content (AvgIpc) is 3.15. The normalized spacial score (nSPS) is 11.3. The summed E-state index contributed by atoms with van der Waals surface area (Å²) in [6, 6.07) is 11.4. The molecule has 0 spiro atoms. The van der Waals surface area contributed by atoms with E-state index in [9.17, 15) is 22.8 Å². The molecule has 1 heterocycles. The van der Waals surface area contributed by atoms with E-state index in [0.717, 1.165) is 17.8 Å². The van der Waals surface area contributed by atoms with Crippen molar-refractivity contribution in [2.45, 2.75) is 18.3 Å². The Morgan fingerprint density at radius 2 is 1.91 bits per heavy atom. The van der Waals surface area contributed by atoms with Crippen molar-refractivity contribution in [3.05, 3.63) is 59.1 Å². The van der Waals surface area contributed by atoms with Crippen molar-refractivity contribution in [1.82, 2.24) is 20.1 Å². The van der Waals surface area contributed by atoms with Crippen LogP contribution in [0.15, 0.2) is 53.7 Å². The minimum Gasteiger partial charge on any atom is -0.450 e. The molecule has 0 atom stereocenters. The Labute approximate surface area is 189 Å². The number of aromatic nitrogens is 3. The molecule has 32 heavy (non-hydrogen) atoms. The fraction of sp³-hybridized carbons (Fsp3) is 0.200. The Bertz CT molecular complexity index is 1140. The van der Waals surface area contributed by atoms with Crippen LogP contribution in [0, 0.1) is 0 Å². The molecule has 1 aromatic heterocycles. The fourth-order valence-electron chi connectivity index (χ4n) is 2.75. The fourth-order valence-corrected chi connectivity index (χ4v) is 3.69. The Morgan fingerprint density at radius 1 is 1.16 bits per heavy atom.